The second-order valence-corrected chi connectivity index (χ2v) is 5.84. The van der Waals surface area contributed by atoms with Crippen molar-refractivity contribution in [3.05, 3.63) is 29.8 Å². The van der Waals surface area contributed by atoms with Gasteiger partial charge in [-0.2, -0.15) is 0 Å². The monoisotopic (exact) mass is 303 g/mol. The fourth-order valence-electron chi connectivity index (χ4n) is 2.57. The number of nitrogens with two attached hydrogens (primary N) is 1. The van der Waals surface area contributed by atoms with Crippen LogP contribution in [0, 0.1) is 0 Å². The van der Waals surface area contributed by atoms with Crippen LogP contribution in [0.2, 0.25) is 0 Å². The van der Waals surface area contributed by atoms with E-state index in [0.717, 1.165) is 19.3 Å². The quantitative estimate of drug-likeness (QED) is 0.757. The number of amides is 2. The fraction of sp³-hybridized carbons (Fsp3) is 0.500. The first-order valence-corrected chi connectivity index (χ1v) is 7.73. The summed E-state index contributed by atoms with van der Waals surface area (Å²) >= 11 is 0. The Morgan fingerprint density at radius 1 is 1.18 bits per heavy atom. The van der Waals surface area contributed by atoms with Gasteiger partial charge in [-0.25, -0.2) is 0 Å². The molecule has 1 aromatic rings. The summed E-state index contributed by atoms with van der Waals surface area (Å²) in [6.07, 6.45) is 2.95. The Labute approximate surface area is 129 Å². The van der Waals surface area contributed by atoms with Gasteiger partial charge in [0, 0.05) is 12.6 Å². The number of carbonyl (C=O) groups is 2. The van der Waals surface area contributed by atoms with E-state index in [4.69, 9.17) is 10.5 Å². The third-order valence-corrected chi connectivity index (χ3v) is 4.01. The number of carbonyl (C=O) groups excluding carboxylic acids is 2. The normalized spacial score (nSPS) is 24.0. The van der Waals surface area contributed by atoms with Gasteiger partial charge in [0.05, 0.1) is 17.4 Å². The van der Waals surface area contributed by atoms with Gasteiger partial charge < -0.3 is 21.1 Å². The molecule has 2 aliphatic rings. The summed E-state index contributed by atoms with van der Waals surface area (Å²) in [5.41, 5.74) is 6.56. The number of benzene rings is 1. The molecule has 4 N–H and O–H groups in total. The van der Waals surface area contributed by atoms with E-state index in [-0.39, 0.29) is 24.0 Å². The highest BCUT2D eigenvalue weighted by Crippen LogP contribution is 2.23. The van der Waals surface area contributed by atoms with Gasteiger partial charge in [0.1, 0.15) is 6.10 Å². The molecule has 1 aliphatic carbocycles. The minimum Gasteiger partial charge on any atom is -0.364 e. The highest BCUT2D eigenvalue weighted by molar-refractivity contribution is 6.04. The maximum Gasteiger partial charge on any atom is 0.253 e. The van der Waals surface area contributed by atoms with E-state index in [1.54, 1.807) is 24.3 Å². The number of rotatable bonds is 5. The highest BCUT2D eigenvalue weighted by atomic mass is 16.5. The molecule has 22 heavy (non-hydrogen) atoms. The summed E-state index contributed by atoms with van der Waals surface area (Å²) in [5.74, 6) is -0.367. The van der Waals surface area contributed by atoms with Crippen molar-refractivity contribution in [1.29, 1.82) is 0 Å². The summed E-state index contributed by atoms with van der Waals surface area (Å²) in [4.78, 5) is 24.5. The first-order valence-electron chi connectivity index (χ1n) is 7.73. The van der Waals surface area contributed by atoms with E-state index in [2.05, 4.69) is 10.6 Å². The molecule has 2 amide bonds. The van der Waals surface area contributed by atoms with Crippen molar-refractivity contribution in [3.63, 3.8) is 0 Å². The number of anilines is 1. The van der Waals surface area contributed by atoms with Gasteiger partial charge >= 0.3 is 0 Å². The summed E-state index contributed by atoms with van der Waals surface area (Å²) in [7, 11) is 0. The molecule has 0 spiro atoms. The van der Waals surface area contributed by atoms with Crippen LogP contribution < -0.4 is 16.4 Å². The second-order valence-electron chi connectivity index (χ2n) is 5.84. The van der Waals surface area contributed by atoms with Crippen molar-refractivity contribution < 1.29 is 14.3 Å². The predicted octanol–water partition coefficient (Wildman–Crippen LogP) is 1.02. The lowest BCUT2D eigenvalue weighted by Crippen LogP contribution is -2.31. The molecular formula is C16H21N3O3. The zero-order valence-electron chi connectivity index (χ0n) is 12.4. The number of nitrogens with one attached hydrogen (secondary N) is 2. The van der Waals surface area contributed by atoms with Crippen LogP contribution in [0.25, 0.3) is 0 Å². The number of hydrogen-bond donors (Lipinski definition) is 3. The maximum atomic E-state index is 12.3. The van der Waals surface area contributed by atoms with Crippen LogP contribution >= 0.6 is 0 Å². The minimum atomic E-state index is -0.493. The maximum absolute atomic E-state index is 12.3. The highest BCUT2D eigenvalue weighted by Gasteiger charge is 2.31. The van der Waals surface area contributed by atoms with Crippen molar-refractivity contribution >= 4 is 17.5 Å². The second kappa shape index (κ2) is 6.46. The fourth-order valence-corrected chi connectivity index (χ4v) is 2.57. The Morgan fingerprint density at radius 2 is 1.95 bits per heavy atom. The summed E-state index contributed by atoms with van der Waals surface area (Å²) in [6.45, 7) is 0.421. The summed E-state index contributed by atoms with van der Waals surface area (Å²) in [5, 5.41) is 5.74. The average molecular weight is 303 g/mol. The molecule has 3 rings (SSSR count). The van der Waals surface area contributed by atoms with E-state index < -0.39 is 6.10 Å². The number of hydrogen-bond acceptors (Lipinski definition) is 4. The Morgan fingerprint density at radius 3 is 2.64 bits per heavy atom. The average Bonchev–Trinajstić information content (AvgIpc) is 3.20. The van der Waals surface area contributed by atoms with E-state index in [0.29, 0.717) is 24.2 Å². The molecule has 1 aliphatic heterocycles. The van der Waals surface area contributed by atoms with Gasteiger partial charge in [-0.05, 0) is 37.8 Å². The molecule has 0 aromatic heterocycles. The smallest absolute Gasteiger partial charge is 0.253 e. The lowest BCUT2D eigenvalue weighted by Gasteiger charge is -2.15. The third kappa shape index (κ3) is 3.45. The first kappa shape index (κ1) is 15.0. The summed E-state index contributed by atoms with van der Waals surface area (Å²) in [6, 6.07) is 7.30. The van der Waals surface area contributed by atoms with E-state index in [9.17, 15) is 9.59 Å². The van der Waals surface area contributed by atoms with Gasteiger partial charge in [-0.1, -0.05) is 12.1 Å². The third-order valence-electron chi connectivity index (χ3n) is 4.01. The molecule has 1 saturated carbocycles. The molecule has 0 bridgehead atoms. The van der Waals surface area contributed by atoms with E-state index in [1.165, 1.54) is 0 Å². The molecule has 1 aromatic carbocycles. The number of para-hydroxylation sites is 1. The predicted molar refractivity (Wildman–Crippen MR) is 82.5 cm³/mol. The van der Waals surface area contributed by atoms with Gasteiger partial charge in [-0.15, -0.1) is 0 Å². The van der Waals surface area contributed by atoms with Crippen LogP contribution in [-0.4, -0.2) is 36.6 Å². The standard InChI is InChI=1S/C16H21N3O3/c17-9-11-7-8-14(22-11)16(21)19-13-4-2-1-3-12(13)15(20)18-10-5-6-10/h1-4,10-11,14H,5-9,17H2,(H,18,20)(H,19,21)/t11-,14+/m1/s1. The van der Waals surface area contributed by atoms with Crippen molar-refractivity contribution in [2.24, 2.45) is 5.73 Å². The van der Waals surface area contributed by atoms with Crippen LogP contribution in [0.5, 0.6) is 0 Å². The van der Waals surface area contributed by atoms with Crippen LogP contribution in [-0.2, 0) is 9.53 Å². The van der Waals surface area contributed by atoms with Crippen molar-refractivity contribution in [3.8, 4) is 0 Å². The molecule has 1 heterocycles. The number of ether oxygens (including phenoxy) is 1. The van der Waals surface area contributed by atoms with Crippen molar-refractivity contribution in [1.82, 2.24) is 5.32 Å². The van der Waals surface area contributed by atoms with Gasteiger partial charge in [0.15, 0.2) is 0 Å². The molecule has 6 nitrogen and oxygen atoms in total. The Hall–Kier alpha value is -1.92. The summed E-state index contributed by atoms with van der Waals surface area (Å²) < 4.78 is 5.58. The first-order chi connectivity index (χ1) is 10.7. The molecule has 118 valence electrons. The lowest BCUT2D eigenvalue weighted by molar-refractivity contribution is -0.126. The van der Waals surface area contributed by atoms with Crippen molar-refractivity contribution in [2.45, 2.75) is 43.9 Å². The minimum absolute atomic E-state index is 0.0517. The van der Waals surface area contributed by atoms with Crippen LogP contribution in [0.4, 0.5) is 5.69 Å². The Bertz CT molecular complexity index is 572. The van der Waals surface area contributed by atoms with Gasteiger partial charge in [-0.3, -0.25) is 9.59 Å². The lowest BCUT2D eigenvalue weighted by atomic mass is 10.1. The molecule has 0 unspecified atom stereocenters. The molecular weight excluding hydrogens is 282 g/mol. The van der Waals surface area contributed by atoms with Gasteiger partial charge in [0.2, 0.25) is 0 Å². The zero-order valence-corrected chi connectivity index (χ0v) is 12.4. The van der Waals surface area contributed by atoms with Gasteiger partial charge in [0.25, 0.3) is 11.8 Å². The molecule has 2 fully saturated rings. The molecule has 6 heteroatoms. The van der Waals surface area contributed by atoms with Crippen LogP contribution in [0.15, 0.2) is 24.3 Å². The molecule has 2 atom stereocenters. The molecule has 1 saturated heterocycles. The molecule has 0 radical (unpaired) electrons. The SMILES string of the molecule is NC[C@H]1CC[C@@H](C(=O)Nc2ccccc2C(=O)NC2CC2)O1. The van der Waals surface area contributed by atoms with Crippen LogP contribution in [0.3, 0.4) is 0 Å². The van der Waals surface area contributed by atoms with E-state index in [1.807, 2.05) is 0 Å². The van der Waals surface area contributed by atoms with Crippen LogP contribution in [0.1, 0.15) is 36.0 Å². The van der Waals surface area contributed by atoms with Crippen molar-refractivity contribution in [2.75, 3.05) is 11.9 Å². The Balaban J connectivity index is 1.66. The van der Waals surface area contributed by atoms with E-state index >= 15 is 0 Å². The largest absolute Gasteiger partial charge is 0.364 e. The zero-order chi connectivity index (χ0) is 15.5. The topological polar surface area (TPSA) is 93.5 Å². The Kier molecular flexibility index (Phi) is 4.40.